The zero-order valence-corrected chi connectivity index (χ0v) is 13.0. The van der Waals surface area contributed by atoms with Gasteiger partial charge in [0, 0.05) is 8.95 Å². The highest BCUT2D eigenvalue weighted by Gasteiger charge is 2.17. The lowest BCUT2D eigenvalue weighted by Crippen LogP contribution is -2.01. The largest absolute Gasteiger partial charge is 0.333 e. The lowest BCUT2D eigenvalue weighted by atomic mass is 10.3. The van der Waals surface area contributed by atoms with Crippen LogP contribution in [0.25, 0.3) is 0 Å². The number of nitrogens with zero attached hydrogens (tertiary/aromatic N) is 3. The lowest BCUT2D eigenvalue weighted by Gasteiger charge is -2.08. The normalized spacial score (nSPS) is 10.3. The molecule has 1 heterocycles. The number of hydrogen-bond donors (Lipinski definition) is 1. The molecule has 9 heteroatoms. The minimum atomic E-state index is -0.578. The molecule has 2 rings (SSSR count). The summed E-state index contributed by atoms with van der Waals surface area (Å²) in [5.41, 5.74) is 0.375. The van der Waals surface area contributed by atoms with E-state index in [9.17, 15) is 10.1 Å². The Kier molecular flexibility index (Phi) is 4.33. The summed E-state index contributed by atoms with van der Waals surface area (Å²) < 4.78 is 1.60. The van der Waals surface area contributed by atoms with Crippen LogP contribution >= 0.6 is 43.5 Å². The van der Waals surface area contributed by atoms with Gasteiger partial charge in [0.15, 0.2) is 0 Å². The minimum absolute atomic E-state index is 0.0352. The zero-order valence-electron chi connectivity index (χ0n) is 9.10. The second-order valence-corrected chi connectivity index (χ2v) is 5.49. The van der Waals surface area contributed by atoms with Crippen LogP contribution in [0.5, 0.6) is 0 Å². The number of hydrogen-bond acceptors (Lipinski definition) is 5. The number of anilines is 2. The topological polar surface area (TPSA) is 81.0 Å². The summed E-state index contributed by atoms with van der Waals surface area (Å²) in [7, 11) is 0. The molecule has 2 aromatic rings. The summed E-state index contributed by atoms with van der Waals surface area (Å²) >= 11 is 12.3. The Bertz CT molecular complexity index is 653. The predicted molar refractivity (Wildman–Crippen MR) is 78.8 cm³/mol. The molecule has 0 saturated heterocycles. The molecule has 1 N–H and O–H groups in total. The third kappa shape index (κ3) is 3.40. The first-order chi connectivity index (χ1) is 8.97. The van der Waals surface area contributed by atoms with Gasteiger partial charge in [-0.3, -0.25) is 10.1 Å². The van der Waals surface area contributed by atoms with E-state index in [1.165, 1.54) is 0 Å². The Balaban J connectivity index is 2.42. The summed E-state index contributed by atoms with van der Waals surface area (Å²) in [6.45, 7) is 0. The Morgan fingerprint density at radius 3 is 2.74 bits per heavy atom. The van der Waals surface area contributed by atoms with Crippen molar-refractivity contribution in [3.63, 3.8) is 0 Å². The van der Waals surface area contributed by atoms with E-state index in [0.717, 1.165) is 15.1 Å². The van der Waals surface area contributed by atoms with Crippen molar-refractivity contribution in [2.75, 3.05) is 5.32 Å². The fourth-order valence-corrected chi connectivity index (χ4v) is 2.58. The number of nitrogens with one attached hydrogen (secondary N) is 1. The molecule has 0 spiro atoms. The fraction of sp³-hybridized carbons (Fsp3) is 0. The molecule has 0 radical (unpaired) electrons. The van der Waals surface area contributed by atoms with E-state index in [4.69, 9.17) is 11.6 Å². The van der Waals surface area contributed by atoms with Crippen molar-refractivity contribution in [1.29, 1.82) is 0 Å². The number of aromatic nitrogens is 2. The maximum Gasteiger partial charge on any atom is 0.329 e. The van der Waals surface area contributed by atoms with Crippen molar-refractivity contribution in [1.82, 2.24) is 9.97 Å². The first kappa shape index (κ1) is 14.2. The van der Waals surface area contributed by atoms with Crippen molar-refractivity contribution >= 4 is 60.7 Å². The Morgan fingerprint density at radius 2 is 2.11 bits per heavy atom. The summed E-state index contributed by atoms with van der Waals surface area (Å²) in [5, 5.41) is 13.7. The molecule has 0 aliphatic heterocycles. The first-order valence-electron chi connectivity index (χ1n) is 4.86. The van der Waals surface area contributed by atoms with Gasteiger partial charge in [0.1, 0.15) is 6.20 Å². The first-order valence-corrected chi connectivity index (χ1v) is 6.83. The molecular weight excluding hydrogens is 403 g/mol. The van der Waals surface area contributed by atoms with Crippen LogP contribution in [-0.2, 0) is 0 Å². The fourth-order valence-electron chi connectivity index (χ4n) is 1.30. The summed E-state index contributed by atoms with van der Waals surface area (Å²) in [5.74, 6) is 0.0352. The van der Waals surface area contributed by atoms with Gasteiger partial charge in [0.25, 0.3) is 0 Å². The minimum Gasteiger partial charge on any atom is -0.333 e. The van der Waals surface area contributed by atoms with Gasteiger partial charge >= 0.3 is 5.69 Å². The average molecular weight is 408 g/mol. The molecule has 0 atom stereocenters. The maximum absolute atomic E-state index is 10.9. The van der Waals surface area contributed by atoms with E-state index >= 15 is 0 Å². The van der Waals surface area contributed by atoms with Crippen molar-refractivity contribution in [2.24, 2.45) is 0 Å². The average Bonchev–Trinajstić information content (AvgIpc) is 2.32. The van der Waals surface area contributed by atoms with Crippen molar-refractivity contribution < 1.29 is 4.92 Å². The zero-order chi connectivity index (χ0) is 14.0. The molecule has 0 bridgehead atoms. The maximum atomic E-state index is 10.9. The molecule has 0 unspecified atom stereocenters. The summed E-state index contributed by atoms with van der Waals surface area (Å²) in [4.78, 5) is 17.7. The molecule has 1 aromatic heterocycles. The van der Waals surface area contributed by atoms with Crippen LogP contribution in [-0.4, -0.2) is 14.9 Å². The van der Waals surface area contributed by atoms with Gasteiger partial charge in [-0.1, -0.05) is 15.9 Å². The van der Waals surface area contributed by atoms with Crippen LogP contribution in [0.2, 0.25) is 5.28 Å². The van der Waals surface area contributed by atoms with E-state index < -0.39 is 4.92 Å². The highest BCUT2D eigenvalue weighted by Crippen LogP contribution is 2.31. The Morgan fingerprint density at radius 1 is 1.37 bits per heavy atom. The van der Waals surface area contributed by atoms with Crippen LogP contribution in [0.15, 0.2) is 33.3 Å². The van der Waals surface area contributed by atoms with Crippen LogP contribution in [0, 0.1) is 10.1 Å². The molecule has 0 fully saturated rings. The van der Waals surface area contributed by atoms with Gasteiger partial charge in [0.2, 0.25) is 11.1 Å². The summed E-state index contributed by atoms with van der Waals surface area (Å²) in [6.07, 6.45) is 1.06. The number of rotatable bonds is 3. The predicted octanol–water partition coefficient (Wildman–Crippen LogP) is 4.31. The quantitative estimate of drug-likeness (QED) is 0.465. The molecule has 0 aliphatic rings. The van der Waals surface area contributed by atoms with Crippen molar-refractivity contribution in [3.8, 4) is 0 Å². The van der Waals surface area contributed by atoms with Crippen LogP contribution in [0.3, 0.4) is 0 Å². The standard InChI is InChI=1S/C10H5Br2ClN4O2/c11-5-1-2-7(6(12)3-5)15-9-8(17(18)19)4-14-10(13)16-9/h1-4H,(H,14,15,16). The van der Waals surface area contributed by atoms with E-state index in [0.29, 0.717) is 5.69 Å². The van der Waals surface area contributed by atoms with E-state index in [2.05, 4.69) is 47.1 Å². The molecule has 19 heavy (non-hydrogen) atoms. The van der Waals surface area contributed by atoms with Crippen molar-refractivity contribution in [2.45, 2.75) is 0 Å². The van der Waals surface area contributed by atoms with Crippen LogP contribution in [0.1, 0.15) is 0 Å². The van der Waals surface area contributed by atoms with E-state index in [1.807, 2.05) is 0 Å². The van der Waals surface area contributed by atoms with Gasteiger partial charge in [-0.15, -0.1) is 0 Å². The van der Waals surface area contributed by atoms with Crippen LogP contribution in [0.4, 0.5) is 17.2 Å². The third-order valence-corrected chi connectivity index (χ3v) is 3.45. The highest BCUT2D eigenvalue weighted by molar-refractivity contribution is 9.11. The monoisotopic (exact) mass is 406 g/mol. The number of benzene rings is 1. The van der Waals surface area contributed by atoms with Gasteiger partial charge < -0.3 is 5.32 Å². The third-order valence-electron chi connectivity index (χ3n) is 2.12. The lowest BCUT2D eigenvalue weighted by molar-refractivity contribution is -0.384. The Labute approximate surface area is 129 Å². The second-order valence-electron chi connectivity index (χ2n) is 3.38. The molecule has 1 aromatic carbocycles. The summed E-state index contributed by atoms with van der Waals surface area (Å²) in [6, 6.07) is 5.34. The number of nitro groups is 1. The molecule has 0 saturated carbocycles. The highest BCUT2D eigenvalue weighted by atomic mass is 79.9. The Hall–Kier alpha value is -1.25. The van der Waals surface area contributed by atoms with Gasteiger partial charge in [-0.05, 0) is 45.7 Å². The second kappa shape index (κ2) is 5.81. The molecule has 98 valence electrons. The molecular formula is C10H5Br2ClN4O2. The number of halogens is 3. The molecule has 0 aliphatic carbocycles. The molecule has 0 amide bonds. The van der Waals surface area contributed by atoms with Gasteiger partial charge in [-0.2, -0.15) is 4.98 Å². The molecule has 6 nitrogen and oxygen atoms in total. The SMILES string of the molecule is O=[N+]([O-])c1cnc(Cl)nc1Nc1ccc(Br)cc1Br. The smallest absolute Gasteiger partial charge is 0.329 e. The van der Waals surface area contributed by atoms with Gasteiger partial charge in [0.05, 0.1) is 10.6 Å². The van der Waals surface area contributed by atoms with E-state index in [-0.39, 0.29) is 16.8 Å². The van der Waals surface area contributed by atoms with Gasteiger partial charge in [-0.25, -0.2) is 4.98 Å². The van der Waals surface area contributed by atoms with Crippen molar-refractivity contribution in [3.05, 3.63) is 48.7 Å². The van der Waals surface area contributed by atoms with E-state index in [1.54, 1.807) is 18.2 Å². The van der Waals surface area contributed by atoms with Crippen LogP contribution < -0.4 is 5.32 Å².